The second-order valence-electron chi connectivity index (χ2n) is 8.53. The second kappa shape index (κ2) is 11.1. The van der Waals surface area contributed by atoms with Crippen LogP contribution in [0.3, 0.4) is 0 Å². The lowest BCUT2D eigenvalue weighted by Gasteiger charge is -2.36. The van der Waals surface area contributed by atoms with Gasteiger partial charge in [-0.25, -0.2) is 4.79 Å². The molecule has 0 saturated carbocycles. The van der Waals surface area contributed by atoms with Crippen LogP contribution in [0.25, 0.3) is 0 Å². The molecule has 8 nitrogen and oxygen atoms in total. The number of thiophene rings is 1. The molecule has 2 aliphatic rings. The molecule has 2 aliphatic heterocycles. The largest absolute Gasteiger partial charge is 0.414 e. The zero-order chi connectivity index (χ0) is 24.1. The van der Waals surface area contributed by atoms with Gasteiger partial charge in [0.05, 0.1) is 15.0 Å². The zero-order valence-electron chi connectivity index (χ0n) is 18.9. The molecule has 0 atom stereocenters. The minimum atomic E-state index is -1.16. The van der Waals surface area contributed by atoms with Gasteiger partial charge in [-0.1, -0.05) is 34.5 Å². The monoisotopic (exact) mass is 526 g/mol. The van der Waals surface area contributed by atoms with Crippen LogP contribution in [0.2, 0.25) is 9.36 Å². The van der Waals surface area contributed by atoms with E-state index >= 15 is 0 Å². The van der Waals surface area contributed by atoms with E-state index in [-0.39, 0.29) is 5.91 Å². The third-order valence-corrected chi connectivity index (χ3v) is 7.54. The van der Waals surface area contributed by atoms with Crippen LogP contribution < -0.4 is 20.3 Å². The Kier molecular flexibility index (Phi) is 8.21. The summed E-state index contributed by atoms with van der Waals surface area (Å²) in [5.41, 5.74) is 0.362. The van der Waals surface area contributed by atoms with E-state index in [2.05, 4.69) is 27.5 Å². The molecule has 2 N–H and O–H groups in total. The molecule has 2 saturated heterocycles. The number of hydrogen-bond donors (Lipinski definition) is 2. The van der Waals surface area contributed by atoms with Crippen molar-refractivity contribution in [1.29, 1.82) is 0 Å². The number of benzene rings is 1. The summed E-state index contributed by atoms with van der Waals surface area (Å²) in [4.78, 5) is 30.5. The third kappa shape index (κ3) is 6.14. The van der Waals surface area contributed by atoms with Crippen LogP contribution >= 0.6 is 34.5 Å². The van der Waals surface area contributed by atoms with Crippen molar-refractivity contribution in [2.24, 2.45) is 0 Å². The minimum Gasteiger partial charge on any atom is -0.399 e. The highest BCUT2D eigenvalue weighted by Crippen LogP contribution is 2.32. The molecule has 0 unspecified atom stereocenters. The number of hydrogen-bond acceptors (Lipinski definition) is 7. The lowest BCUT2D eigenvalue weighted by molar-refractivity contribution is -0.125. The number of rotatable bonds is 5. The first kappa shape index (κ1) is 25.1. The molecule has 1 aromatic carbocycles. The van der Waals surface area contributed by atoms with Crippen LogP contribution in [0.15, 0.2) is 30.3 Å². The van der Waals surface area contributed by atoms with E-state index < -0.39 is 11.6 Å². The standard InChI is InChI=1S/C23H28Cl2N4O4S/c1-28-9-2-10-29(12-11-28)18-4-3-16(15-17(18)24)26-21(30)23(7-13-32-14-8-23)27-22(31)33-20-6-5-19(25)34-20/h3-6,15H,2,7-14H2,1H3,(H,26,30)(H,27,31). The Morgan fingerprint density at radius 2 is 1.88 bits per heavy atom. The van der Waals surface area contributed by atoms with Gasteiger partial charge in [-0.2, -0.15) is 0 Å². The summed E-state index contributed by atoms with van der Waals surface area (Å²) < 4.78 is 11.3. The molecular formula is C23H28Cl2N4O4S. The fourth-order valence-corrected chi connectivity index (χ4v) is 5.35. The number of likely N-dealkylation sites (N-methyl/N-ethyl adjacent to an activating group) is 1. The normalized spacial score (nSPS) is 18.7. The van der Waals surface area contributed by atoms with E-state index in [4.69, 9.17) is 32.7 Å². The number of ether oxygens (including phenoxy) is 2. The van der Waals surface area contributed by atoms with Gasteiger partial charge in [-0.3, -0.25) is 4.79 Å². The lowest BCUT2D eigenvalue weighted by Crippen LogP contribution is -2.60. The molecule has 1 aromatic heterocycles. The van der Waals surface area contributed by atoms with Crippen molar-refractivity contribution in [3.05, 3.63) is 39.7 Å². The molecule has 4 rings (SSSR count). The average molecular weight is 527 g/mol. The first-order valence-electron chi connectivity index (χ1n) is 11.2. The van der Waals surface area contributed by atoms with Gasteiger partial charge < -0.3 is 29.9 Å². The minimum absolute atomic E-state index is 0.326. The fraction of sp³-hybridized carbons (Fsp3) is 0.478. The molecule has 3 heterocycles. The third-order valence-electron chi connectivity index (χ3n) is 6.13. The van der Waals surface area contributed by atoms with E-state index in [1.54, 1.807) is 18.2 Å². The molecule has 0 radical (unpaired) electrons. The topological polar surface area (TPSA) is 83.1 Å². The Bertz CT molecular complexity index is 1030. The quantitative estimate of drug-likeness (QED) is 0.597. The van der Waals surface area contributed by atoms with Gasteiger partial charge in [0.15, 0.2) is 5.06 Å². The van der Waals surface area contributed by atoms with Gasteiger partial charge in [0, 0.05) is 51.4 Å². The molecule has 2 aromatic rings. The van der Waals surface area contributed by atoms with Crippen molar-refractivity contribution in [2.75, 3.05) is 56.7 Å². The van der Waals surface area contributed by atoms with Gasteiger partial charge in [0.25, 0.3) is 0 Å². The lowest BCUT2D eigenvalue weighted by atomic mass is 9.89. The Balaban J connectivity index is 1.45. The number of anilines is 2. The predicted molar refractivity (Wildman–Crippen MR) is 136 cm³/mol. The van der Waals surface area contributed by atoms with Gasteiger partial charge in [-0.15, -0.1) is 0 Å². The van der Waals surface area contributed by atoms with Crippen LogP contribution in [0, 0.1) is 0 Å². The average Bonchev–Trinajstić information content (AvgIpc) is 3.08. The highest BCUT2D eigenvalue weighted by atomic mass is 35.5. The van der Waals surface area contributed by atoms with Crippen LogP contribution in [0.5, 0.6) is 5.06 Å². The number of carbonyl (C=O) groups excluding carboxylic acids is 2. The summed E-state index contributed by atoms with van der Waals surface area (Å²) in [6.45, 7) is 4.55. The molecular weight excluding hydrogens is 499 g/mol. The van der Waals surface area contributed by atoms with E-state index in [9.17, 15) is 9.59 Å². The van der Waals surface area contributed by atoms with E-state index in [0.717, 1.165) is 49.6 Å². The smallest absolute Gasteiger partial charge is 0.399 e. The van der Waals surface area contributed by atoms with Gasteiger partial charge in [0.2, 0.25) is 5.91 Å². The SMILES string of the molecule is CN1CCCN(c2ccc(NC(=O)C3(NC(=O)Oc4ccc(Cl)s4)CCOCC3)cc2Cl)CC1. The molecule has 11 heteroatoms. The summed E-state index contributed by atoms with van der Waals surface area (Å²) in [6.07, 6.45) is 1.00. The summed E-state index contributed by atoms with van der Waals surface area (Å²) >= 11 is 13.6. The molecule has 34 heavy (non-hydrogen) atoms. The van der Waals surface area contributed by atoms with Crippen molar-refractivity contribution in [3.63, 3.8) is 0 Å². The zero-order valence-corrected chi connectivity index (χ0v) is 21.3. The Morgan fingerprint density at radius 1 is 1.09 bits per heavy atom. The molecule has 2 fully saturated rings. The Labute approximate surface area is 213 Å². The van der Waals surface area contributed by atoms with Crippen molar-refractivity contribution in [2.45, 2.75) is 24.8 Å². The van der Waals surface area contributed by atoms with Crippen molar-refractivity contribution in [3.8, 4) is 5.06 Å². The Hall–Kier alpha value is -2.04. The van der Waals surface area contributed by atoms with Gasteiger partial charge >= 0.3 is 6.09 Å². The van der Waals surface area contributed by atoms with Gasteiger partial charge in [-0.05, 0) is 50.3 Å². The van der Waals surface area contributed by atoms with Crippen molar-refractivity contribution < 1.29 is 19.1 Å². The molecule has 0 aliphatic carbocycles. The maximum absolute atomic E-state index is 13.3. The van der Waals surface area contributed by atoms with Crippen LogP contribution in [0.4, 0.5) is 16.2 Å². The number of carbonyl (C=O) groups is 2. The molecule has 184 valence electrons. The summed E-state index contributed by atoms with van der Waals surface area (Å²) in [5, 5.41) is 6.61. The van der Waals surface area contributed by atoms with E-state index in [1.807, 2.05) is 12.1 Å². The summed E-state index contributed by atoms with van der Waals surface area (Å²) in [5.74, 6) is -0.336. The fourth-order valence-electron chi connectivity index (χ4n) is 4.17. The van der Waals surface area contributed by atoms with Crippen LogP contribution in [0.1, 0.15) is 19.3 Å². The number of amides is 2. The molecule has 0 spiro atoms. The number of nitrogens with zero attached hydrogens (tertiary/aromatic N) is 2. The van der Waals surface area contributed by atoms with E-state index in [1.165, 1.54) is 0 Å². The van der Waals surface area contributed by atoms with Gasteiger partial charge in [0.1, 0.15) is 5.54 Å². The second-order valence-corrected chi connectivity index (χ2v) is 10.6. The maximum Gasteiger partial charge on any atom is 0.414 e. The maximum atomic E-state index is 13.3. The summed E-state index contributed by atoms with van der Waals surface area (Å²) in [6, 6.07) is 8.77. The first-order chi connectivity index (χ1) is 16.3. The highest BCUT2D eigenvalue weighted by molar-refractivity contribution is 7.17. The number of halogens is 2. The number of nitrogens with one attached hydrogen (secondary N) is 2. The predicted octanol–water partition coefficient (Wildman–Crippen LogP) is 4.47. The molecule has 0 bridgehead atoms. The van der Waals surface area contributed by atoms with Crippen molar-refractivity contribution in [1.82, 2.24) is 10.2 Å². The molecule has 2 amide bonds. The van der Waals surface area contributed by atoms with Crippen molar-refractivity contribution >= 4 is 57.9 Å². The summed E-state index contributed by atoms with van der Waals surface area (Å²) in [7, 11) is 2.12. The van der Waals surface area contributed by atoms with Crippen LogP contribution in [-0.2, 0) is 9.53 Å². The Morgan fingerprint density at radius 3 is 2.59 bits per heavy atom. The first-order valence-corrected chi connectivity index (χ1v) is 12.8. The van der Waals surface area contributed by atoms with Crippen LogP contribution in [-0.4, -0.2) is 68.9 Å². The van der Waals surface area contributed by atoms with E-state index in [0.29, 0.717) is 46.2 Å². The highest BCUT2D eigenvalue weighted by Gasteiger charge is 2.42.